The SMILES string of the molecule is COC1(c2noc(C3CC4CCC3N4)n2)CCC1. The summed E-state index contributed by atoms with van der Waals surface area (Å²) in [5, 5.41) is 7.78. The van der Waals surface area contributed by atoms with Crippen molar-refractivity contribution in [1.82, 2.24) is 15.5 Å². The first-order valence-corrected chi connectivity index (χ1v) is 6.96. The lowest BCUT2D eigenvalue weighted by atomic mass is 9.79. The second-order valence-electron chi connectivity index (χ2n) is 5.90. The number of ether oxygens (including phenoxy) is 1. The molecule has 0 aromatic carbocycles. The molecule has 2 bridgehead atoms. The van der Waals surface area contributed by atoms with Gasteiger partial charge in [0, 0.05) is 19.2 Å². The molecular formula is C13H19N3O2. The molecule has 3 unspecified atom stereocenters. The van der Waals surface area contributed by atoms with Gasteiger partial charge in [0.15, 0.2) is 0 Å². The molecule has 1 aromatic heterocycles. The van der Waals surface area contributed by atoms with Gasteiger partial charge in [0.25, 0.3) is 0 Å². The number of rotatable bonds is 3. The van der Waals surface area contributed by atoms with Crippen LogP contribution in [0.1, 0.15) is 56.2 Å². The normalized spacial score (nSPS) is 36.8. The summed E-state index contributed by atoms with van der Waals surface area (Å²) in [7, 11) is 1.74. The number of aromatic nitrogens is 2. The van der Waals surface area contributed by atoms with Crippen molar-refractivity contribution in [2.75, 3.05) is 7.11 Å². The van der Waals surface area contributed by atoms with Gasteiger partial charge in [0.05, 0.1) is 5.92 Å². The molecule has 0 radical (unpaired) electrons. The predicted molar refractivity (Wildman–Crippen MR) is 64.1 cm³/mol. The Hall–Kier alpha value is -0.940. The lowest BCUT2D eigenvalue weighted by Gasteiger charge is -2.37. The molecule has 3 heterocycles. The van der Waals surface area contributed by atoms with E-state index in [0.717, 1.165) is 31.0 Å². The third-order valence-electron chi connectivity index (χ3n) is 5.02. The highest BCUT2D eigenvalue weighted by atomic mass is 16.5. The third-order valence-corrected chi connectivity index (χ3v) is 5.02. The predicted octanol–water partition coefficient (Wildman–Crippen LogP) is 1.70. The highest BCUT2D eigenvalue weighted by Gasteiger charge is 2.46. The van der Waals surface area contributed by atoms with E-state index in [1.807, 2.05) is 0 Å². The van der Waals surface area contributed by atoms with Crippen molar-refractivity contribution in [2.24, 2.45) is 0 Å². The fourth-order valence-electron chi connectivity index (χ4n) is 3.68. The lowest BCUT2D eigenvalue weighted by Crippen LogP contribution is -2.37. The fraction of sp³-hybridized carbons (Fsp3) is 0.846. The van der Waals surface area contributed by atoms with Crippen LogP contribution in [0.4, 0.5) is 0 Å². The van der Waals surface area contributed by atoms with E-state index in [9.17, 15) is 0 Å². The summed E-state index contributed by atoms with van der Waals surface area (Å²) in [6.07, 6.45) is 6.89. The average Bonchev–Trinajstić information content (AvgIpc) is 3.03. The molecule has 1 N–H and O–H groups in total. The Morgan fingerprint density at radius 2 is 2.28 bits per heavy atom. The molecule has 0 amide bonds. The average molecular weight is 249 g/mol. The molecule has 3 fully saturated rings. The second kappa shape index (κ2) is 3.78. The van der Waals surface area contributed by atoms with E-state index < -0.39 is 0 Å². The Kier molecular flexibility index (Phi) is 2.29. The fourth-order valence-corrected chi connectivity index (χ4v) is 3.68. The topological polar surface area (TPSA) is 60.2 Å². The van der Waals surface area contributed by atoms with E-state index in [2.05, 4.69) is 15.5 Å². The molecule has 3 atom stereocenters. The summed E-state index contributed by atoms with van der Waals surface area (Å²) in [4.78, 5) is 4.63. The molecule has 4 rings (SSSR count). The summed E-state index contributed by atoms with van der Waals surface area (Å²) in [5.41, 5.74) is -0.257. The standard InChI is InChI=1S/C13H19N3O2/c1-17-13(5-2-6-13)12-15-11(18-16-12)9-7-8-3-4-10(9)14-8/h8-10,14H,2-7H2,1H3. The van der Waals surface area contributed by atoms with Crippen LogP contribution in [0.2, 0.25) is 0 Å². The zero-order valence-corrected chi connectivity index (χ0v) is 10.7. The first kappa shape index (κ1) is 10.9. The number of hydrogen-bond donors (Lipinski definition) is 1. The maximum atomic E-state index is 5.60. The second-order valence-corrected chi connectivity index (χ2v) is 5.90. The van der Waals surface area contributed by atoms with E-state index in [1.54, 1.807) is 7.11 Å². The Morgan fingerprint density at radius 3 is 2.83 bits per heavy atom. The zero-order chi connectivity index (χ0) is 12.2. The van der Waals surface area contributed by atoms with E-state index in [0.29, 0.717) is 18.0 Å². The van der Waals surface area contributed by atoms with Crippen LogP contribution in [0.5, 0.6) is 0 Å². The summed E-state index contributed by atoms with van der Waals surface area (Å²) >= 11 is 0. The molecule has 18 heavy (non-hydrogen) atoms. The number of hydrogen-bond acceptors (Lipinski definition) is 5. The Balaban J connectivity index is 1.59. The molecule has 2 saturated heterocycles. The Bertz CT molecular complexity index is 449. The van der Waals surface area contributed by atoms with Crippen LogP contribution in [0.3, 0.4) is 0 Å². The highest BCUT2D eigenvalue weighted by molar-refractivity contribution is 5.13. The molecule has 5 heteroatoms. The highest BCUT2D eigenvalue weighted by Crippen LogP contribution is 2.44. The van der Waals surface area contributed by atoms with Crippen molar-refractivity contribution < 1.29 is 9.26 Å². The van der Waals surface area contributed by atoms with Gasteiger partial charge >= 0.3 is 0 Å². The Labute approximate surface area is 106 Å². The lowest BCUT2D eigenvalue weighted by molar-refractivity contribution is -0.0858. The van der Waals surface area contributed by atoms with Crippen molar-refractivity contribution >= 4 is 0 Å². The van der Waals surface area contributed by atoms with Crippen LogP contribution < -0.4 is 5.32 Å². The molecule has 5 nitrogen and oxygen atoms in total. The van der Waals surface area contributed by atoms with Crippen molar-refractivity contribution in [3.63, 3.8) is 0 Å². The summed E-state index contributed by atoms with van der Waals surface area (Å²) in [6.45, 7) is 0. The minimum absolute atomic E-state index is 0.257. The summed E-state index contributed by atoms with van der Waals surface area (Å²) < 4.78 is 11.1. The number of nitrogens with zero attached hydrogens (tertiary/aromatic N) is 2. The van der Waals surface area contributed by atoms with Crippen LogP contribution in [0.25, 0.3) is 0 Å². The first-order valence-electron chi connectivity index (χ1n) is 6.96. The monoisotopic (exact) mass is 249 g/mol. The first-order chi connectivity index (χ1) is 8.81. The van der Waals surface area contributed by atoms with Gasteiger partial charge < -0.3 is 14.6 Å². The molecule has 1 aliphatic carbocycles. The van der Waals surface area contributed by atoms with Crippen molar-refractivity contribution in [2.45, 2.75) is 62.1 Å². The largest absolute Gasteiger partial charge is 0.370 e. The maximum Gasteiger partial charge on any atom is 0.231 e. The van der Waals surface area contributed by atoms with Crippen molar-refractivity contribution in [1.29, 1.82) is 0 Å². The van der Waals surface area contributed by atoms with Crippen molar-refractivity contribution in [3.05, 3.63) is 11.7 Å². The van der Waals surface area contributed by atoms with E-state index in [1.165, 1.54) is 19.3 Å². The minimum atomic E-state index is -0.257. The molecule has 1 saturated carbocycles. The van der Waals surface area contributed by atoms with Crippen LogP contribution >= 0.6 is 0 Å². The van der Waals surface area contributed by atoms with Gasteiger partial charge in [-0.2, -0.15) is 4.98 Å². The van der Waals surface area contributed by atoms with Gasteiger partial charge in [-0.05, 0) is 38.5 Å². The third kappa shape index (κ3) is 1.40. The van der Waals surface area contributed by atoms with E-state index in [-0.39, 0.29) is 5.60 Å². The van der Waals surface area contributed by atoms with Crippen molar-refractivity contribution in [3.8, 4) is 0 Å². The molecule has 2 aliphatic heterocycles. The van der Waals surface area contributed by atoms with Crippen LogP contribution in [0, 0.1) is 0 Å². The molecular weight excluding hydrogens is 230 g/mol. The molecule has 1 aromatic rings. The smallest absolute Gasteiger partial charge is 0.231 e. The van der Waals surface area contributed by atoms with Gasteiger partial charge in [0.2, 0.25) is 11.7 Å². The minimum Gasteiger partial charge on any atom is -0.370 e. The molecule has 98 valence electrons. The van der Waals surface area contributed by atoms with E-state index in [4.69, 9.17) is 9.26 Å². The van der Waals surface area contributed by atoms with Crippen LogP contribution in [-0.2, 0) is 10.3 Å². The van der Waals surface area contributed by atoms with E-state index >= 15 is 0 Å². The number of methoxy groups -OCH3 is 1. The van der Waals surface area contributed by atoms with Gasteiger partial charge in [0.1, 0.15) is 5.60 Å². The maximum absolute atomic E-state index is 5.60. The van der Waals surface area contributed by atoms with Gasteiger partial charge in [-0.25, -0.2) is 0 Å². The summed E-state index contributed by atoms with van der Waals surface area (Å²) in [6, 6.07) is 1.21. The zero-order valence-electron chi connectivity index (χ0n) is 10.7. The van der Waals surface area contributed by atoms with Crippen LogP contribution in [0.15, 0.2) is 4.52 Å². The quantitative estimate of drug-likeness (QED) is 0.883. The number of fused-ring (bicyclic) bond motifs is 2. The van der Waals surface area contributed by atoms with Gasteiger partial charge in [-0.1, -0.05) is 5.16 Å². The molecule has 3 aliphatic rings. The summed E-state index contributed by atoms with van der Waals surface area (Å²) in [5.74, 6) is 1.99. The number of nitrogens with one attached hydrogen (secondary N) is 1. The van der Waals surface area contributed by atoms with Crippen LogP contribution in [-0.4, -0.2) is 29.3 Å². The van der Waals surface area contributed by atoms with Gasteiger partial charge in [-0.3, -0.25) is 0 Å². The molecule has 0 spiro atoms. The Morgan fingerprint density at radius 1 is 1.39 bits per heavy atom. The van der Waals surface area contributed by atoms with Gasteiger partial charge in [-0.15, -0.1) is 0 Å².